The molecule has 1 aromatic carbocycles. The minimum Gasteiger partial charge on any atom is -0.494 e. The van der Waals surface area contributed by atoms with E-state index >= 15 is 0 Å². The van der Waals surface area contributed by atoms with Crippen LogP contribution >= 0.6 is 0 Å². The van der Waals surface area contributed by atoms with Crippen LogP contribution in [0.1, 0.15) is 18.1 Å². The largest absolute Gasteiger partial charge is 0.494 e. The first-order valence-electron chi connectivity index (χ1n) is 6.33. The molecular weight excluding hydrogens is 240 g/mol. The van der Waals surface area contributed by atoms with E-state index in [0.717, 1.165) is 29.1 Å². The van der Waals surface area contributed by atoms with E-state index in [1.807, 2.05) is 37.3 Å². The van der Waals surface area contributed by atoms with Crippen molar-refractivity contribution in [2.45, 2.75) is 20.1 Å². The maximum absolute atomic E-state index is 9.34. The Morgan fingerprint density at radius 1 is 1.21 bits per heavy atom. The summed E-state index contributed by atoms with van der Waals surface area (Å²) in [6, 6.07) is 9.67. The van der Waals surface area contributed by atoms with Crippen LogP contribution in [0.3, 0.4) is 0 Å². The van der Waals surface area contributed by atoms with Crippen molar-refractivity contribution in [2.75, 3.05) is 11.9 Å². The summed E-state index contributed by atoms with van der Waals surface area (Å²) in [6.07, 6.45) is 3.54. The molecule has 0 spiro atoms. The molecule has 2 N–H and O–H groups in total. The summed E-state index contributed by atoms with van der Waals surface area (Å²) in [5, 5.41) is 12.6. The molecule has 0 unspecified atom stereocenters. The monoisotopic (exact) mass is 258 g/mol. The van der Waals surface area contributed by atoms with Crippen LogP contribution in [-0.4, -0.2) is 16.7 Å². The Hall–Kier alpha value is -2.07. The number of aliphatic hydroxyl groups is 1. The SMILES string of the molecule is CCOc1ccc(NCc2ccncc2)cc1CO. The number of benzene rings is 1. The van der Waals surface area contributed by atoms with E-state index in [4.69, 9.17) is 4.74 Å². The molecule has 0 radical (unpaired) electrons. The lowest BCUT2D eigenvalue weighted by atomic mass is 10.1. The van der Waals surface area contributed by atoms with Gasteiger partial charge in [0.1, 0.15) is 5.75 Å². The fourth-order valence-electron chi connectivity index (χ4n) is 1.81. The molecule has 1 aromatic heterocycles. The molecule has 0 atom stereocenters. The molecular formula is C15H18N2O2. The number of pyridine rings is 1. The van der Waals surface area contributed by atoms with Gasteiger partial charge in [0.05, 0.1) is 13.2 Å². The fraction of sp³-hybridized carbons (Fsp3) is 0.267. The Kier molecular flexibility index (Phi) is 4.75. The number of ether oxygens (including phenoxy) is 1. The van der Waals surface area contributed by atoms with Crippen molar-refractivity contribution in [3.8, 4) is 5.75 Å². The maximum Gasteiger partial charge on any atom is 0.124 e. The quantitative estimate of drug-likeness (QED) is 0.836. The van der Waals surface area contributed by atoms with Gasteiger partial charge in [-0.3, -0.25) is 4.98 Å². The van der Waals surface area contributed by atoms with Gasteiger partial charge in [-0.05, 0) is 42.8 Å². The Bertz CT molecular complexity index is 515. The van der Waals surface area contributed by atoms with Crippen LogP contribution in [0.2, 0.25) is 0 Å². The Balaban J connectivity index is 2.05. The average molecular weight is 258 g/mol. The maximum atomic E-state index is 9.34. The zero-order valence-corrected chi connectivity index (χ0v) is 11.0. The van der Waals surface area contributed by atoms with Gasteiger partial charge in [0.15, 0.2) is 0 Å². The Morgan fingerprint density at radius 3 is 2.68 bits per heavy atom. The van der Waals surface area contributed by atoms with Crippen LogP contribution in [0.25, 0.3) is 0 Å². The number of hydrogen-bond donors (Lipinski definition) is 2. The number of anilines is 1. The number of hydrogen-bond acceptors (Lipinski definition) is 4. The second kappa shape index (κ2) is 6.75. The lowest BCUT2D eigenvalue weighted by Crippen LogP contribution is -2.02. The van der Waals surface area contributed by atoms with E-state index in [1.165, 1.54) is 0 Å². The van der Waals surface area contributed by atoms with Crippen LogP contribution in [0.4, 0.5) is 5.69 Å². The molecule has 0 saturated heterocycles. The number of nitrogens with one attached hydrogen (secondary N) is 1. The zero-order valence-electron chi connectivity index (χ0n) is 11.0. The summed E-state index contributed by atoms with van der Waals surface area (Å²) in [4.78, 5) is 3.98. The third kappa shape index (κ3) is 3.69. The van der Waals surface area contributed by atoms with Crippen molar-refractivity contribution < 1.29 is 9.84 Å². The van der Waals surface area contributed by atoms with Crippen molar-refractivity contribution in [1.82, 2.24) is 4.98 Å². The lowest BCUT2D eigenvalue weighted by molar-refractivity contribution is 0.267. The molecule has 1 heterocycles. The number of aromatic nitrogens is 1. The van der Waals surface area contributed by atoms with Crippen molar-refractivity contribution >= 4 is 5.69 Å². The average Bonchev–Trinajstić information content (AvgIpc) is 2.47. The highest BCUT2D eigenvalue weighted by molar-refractivity contribution is 5.51. The van der Waals surface area contributed by atoms with Gasteiger partial charge in [-0.2, -0.15) is 0 Å². The fourth-order valence-corrected chi connectivity index (χ4v) is 1.81. The van der Waals surface area contributed by atoms with Crippen LogP contribution in [-0.2, 0) is 13.2 Å². The highest BCUT2D eigenvalue weighted by Crippen LogP contribution is 2.23. The van der Waals surface area contributed by atoms with Crippen LogP contribution in [0.15, 0.2) is 42.7 Å². The second-order valence-electron chi connectivity index (χ2n) is 4.12. The summed E-state index contributed by atoms with van der Waals surface area (Å²) in [6.45, 7) is 3.22. The van der Waals surface area contributed by atoms with Crippen molar-refractivity contribution in [2.24, 2.45) is 0 Å². The molecule has 2 rings (SSSR count). The van der Waals surface area contributed by atoms with Gasteiger partial charge in [-0.1, -0.05) is 0 Å². The topological polar surface area (TPSA) is 54.4 Å². The van der Waals surface area contributed by atoms with Crippen LogP contribution in [0.5, 0.6) is 5.75 Å². The summed E-state index contributed by atoms with van der Waals surface area (Å²) in [5.74, 6) is 0.736. The molecule has 0 amide bonds. The minimum atomic E-state index is -0.0277. The summed E-state index contributed by atoms with van der Waals surface area (Å²) in [5.41, 5.74) is 2.92. The molecule has 100 valence electrons. The summed E-state index contributed by atoms with van der Waals surface area (Å²) < 4.78 is 5.45. The lowest BCUT2D eigenvalue weighted by Gasteiger charge is -2.12. The number of aliphatic hydroxyl groups excluding tert-OH is 1. The Morgan fingerprint density at radius 2 is 2.00 bits per heavy atom. The zero-order chi connectivity index (χ0) is 13.5. The predicted octanol–water partition coefficient (Wildman–Crippen LogP) is 2.58. The minimum absolute atomic E-state index is 0.0277. The van der Waals surface area contributed by atoms with Gasteiger partial charge in [0.2, 0.25) is 0 Å². The highest BCUT2D eigenvalue weighted by Gasteiger charge is 2.04. The van der Waals surface area contributed by atoms with Crippen molar-refractivity contribution in [1.29, 1.82) is 0 Å². The van der Waals surface area contributed by atoms with E-state index in [0.29, 0.717) is 6.61 Å². The van der Waals surface area contributed by atoms with Gasteiger partial charge >= 0.3 is 0 Å². The number of rotatable bonds is 6. The predicted molar refractivity (Wildman–Crippen MR) is 75.1 cm³/mol. The molecule has 0 bridgehead atoms. The van der Waals surface area contributed by atoms with Crippen molar-refractivity contribution in [3.63, 3.8) is 0 Å². The van der Waals surface area contributed by atoms with E-state index in [1.54, 1.807) is 12.4 Å². The van der Waals surface area contributed by atoms with Gasteiger partial charge in [0, 0.05) is 30.2 Å². The summed E-state index contributed by atoms with van der Waals surface area (Å²) in [7, 11) is 0. The molecule has 0 fully saturated rings. The second-order valence-corrected chi connectivity index (χ2v) is 4.12. The normalized spacial score (nSPS) is 10.2. The van der Waals surface area contributed by atoms with Crippen molar-refractivity contribution in [3.05, 3.63) is 53.9 Å². The standard InChI is InChI=1S/C15H18N2O2/c1-2-19-15-4-3-14(9-13(15)11-18)17-10-12-5-7-16-8-6-12/h3-9,17-18H,2,10-11H2,1H3. The number of nitrogens with zero attached hydrogens (tertiary/aromatic N) is 1. The smallest absolute Gasteiger partial charge is 0.124 e. The van der Waals surface area contributed by atoms with Gasteiger partial charge < -0.3 is 15.2 Å². The molecule has 4 nitrogen and oxygen atoms in total. The molecule has 2 aromatic rings. The first-order valence-corrected chi connectivity index (χ1v) is 6.33. The molecule has 0 saturated carbocycles. The highest BCUT2D eigenvalue weighted by atomic mass is 16.5. The third-order valence-electron chi connectivity index (χ3n) is 2.78. The first-order chi connectivity index (χ1) is 9.33. The third-order valence-corrected chi connectivity index (χ3v) is 2.78. The van der Waals surface area contributed by atoms with E-state index in [9.17, 15) is 5.11 Å². The van der Waals surface area contributed by atoms with E-state index in [-0.39, 0.29) is 6.61 Å². The van der Waals surface area contributed by atoms with Gasteiger partial charge in [-0.25, -0.2) is 0 Å². The molecule has 0 aliphatic heterocycles. The van der Waals surface area contributed by atoms with Gasteiger partial charge in [0.25, 0.3) is 0 Å². The molecule has 19 heavy (non-hydrogen) atoms. The molecule has 0 aliphatic carbocycles. The Labute approximate surface area is 113 Å². The van der Waals surface area contributed by atoms with E-state index in [2.05, 4.69) is 10.3 Å². The van der Waals surface area contributed by atoms with Crippen LogP contribution in [0, 0.1) is 0 Å². The van der Waals surface area contributed by atoms with Gasteiger partial charge in [-0.15, -0.1) is 0 Å². The first kappa shape index (κ1) is 13.4. The summed E-state index contributed by atoms with van der Waals surface area (Å²) >= 11 is 0. The van der Waals surface area contributed by atoms with E-state index < -0.39 is 0 Å². The van der Waals surface area contributed by atoms with Crippen LogP contribution < -0.4 is 10.1 Å². The molecule has 4 heteroatoms. The molecule has 0 aliphatic rings.